The maximum absolute atomic E-state index is 13.0. The molecule has 0 atom stereocenters. The number of amides is 1. The van der Waals surface area contributed by atoms with E-state index in [9.17, 15) is 4.79 Å². The summed E-state index contributed by atoms with van der Waals surface area (Å²) in [5.74, 6) is 2.03. The Bertz CT molecular complexity index is 726. The molecule has 0 unspecified atom stereocenters. The highest BCUT2D eigenvalue weighted by atomic mass is 35.5. The van der Waals surface area contributed by atoms with Crippen molar-refractivity contribution in [1.29, 1.82) is 0 Å². The number of benzene rings is 1. The molecule has 3 rings (SSSR count). The molecule has 23 heavy (non-hydrogen) atoms. The van der Waals surface area contributed by atoms with Gasteiger partial charge in [-0.15, -0.1) is 0 Å². The van der Waals surface area contributed by atoms with Gasteiger partial charge in [0.15, 0.2) is 0 Å². The zero-order valence-electron chi connectivity index (χ0n) is 13.5. The van der Waals surface area contributed by atoms with Crippen molar-refractivity contribution < 1.29 is 4.79 Å². The number of hydrogen-bond donors (Lipinski definition) is 0. The first kappa shape index (κ1) is 16.6. The van der Waals surface area contributed by atoms with Crippen LogP contribution in [0.3, 0.4) is 0 Å². The van der Waals surface area contributed by atoms with Crippen LogP contribution in [0, 0.1) is 12.8 Å². The van der Waals surface area contributed by atoms with Crippen molar-refractivity contribution in [1.82, 2.24) is 9.88 Å². The first-order chi connectivity index (χ1) is 11.1. The Kier molecular flexibility index (Phi) is 5.12. The van der Waals surface area contributed by atoms with Gasteiger partial charge in [-0.3, -0.25) is 9.78 Å². The highest BCUT2D eigenvalue weighted by Crippen LogP contribution is 2.28. The van der Waals surface area contributed by atoms with Gasteiger partial charge in [-0.05, 0) is 49.8 Å². The molecule has 5 heteroatoms. The Morgan fingerprint density at radius 1 is 1.39 bits per heavy atom. The molecule has 1 aromatic heterocycles. The molecule has 3 nitrogen and oxygen atoms in total. The van der Waals surface area contributed by atoms with E-state index < -0.39 is 0 Å². The third kappa shape index (κ3) is 3.48. The van der Waals surface area contributed by atoms with Crippen LogP contribution in [0.25, 0.3) is 10.9 Å². The standard InChI is InChI=1S/C18H21ClN2OS/c1-12-10-15(14-4-3-5-16(19)17(14)20-12)18(22)21-8-6-13(7-9-21)11-23-2/h3-5,10,13H,6-9,11H2,1-2H3. The summed E-state index contributed by atoms with van der Waals surface area (Å²) >= 11 is 8.15. The van der Waals surface area contributed by atoms with Crippen LogP contribution in [0.5, 0.6) is 0 Å². The summed E-state index contributed by atoms with van der Waals surface area (Å²) in [6.45, 7) is 3.59. The van der Waals surface area contributed by atoms with E-state index >= 15 is 0 Å². The number of hydrogen-bond acceptors (Lipinski definition) is 3. The first-order valence-corrected chi connectivity index (χ1v) is 9.71. The highest BCUT2D eigenvalue weighted by molar-refractivity contribution is 7.98. The number of thioether (sulfide) groups is 1. The lowest BCUT2D eigenvalue weighted by Gasteiger charge is -2.32. The van der Waals surface area contributed by atoms with Crippen LogP contribution in [0.4, 0.5) is 0 Å². The molecule has 1 fully saturated rings. The average molecular weight is 349 g/mol. The highest BCUT2D eigenvalue weighted by Gasteiger charge is 2.25. The first-order valence-electron chi connectivity index (χ1n) is 7.94. The molecule has 1 aliphatic heterocycles. The molecule has 122 valence electrons. The number of aromatic nitrogens is 1. The van der Waals surface area contributed by atoms with Gasteiger partial charge in [0.2, 0.25) is 0 Å². The second-order valence-corrected chi connectivity index (χ2v) is 7.46. The molecule has 1 saturated heterocycles. The van der Waals surface area contributed by atoms with Crippen molar-refractivity contribution in [2.24, 2.45) is 5.92 Å². The molecule has 0 N–H and O–H groups in total. The Balaban J connectivity index is 1.89. The van der Waals surface area contributed by atoms with E-state index in [1.54, 1.807) is 0 Å². The summed E-state index contributed by atoms with van der Waals surface area (Å²) < 4.78 is 0. The third-order valence-electron chi connectivity index (χ3n) is 4.45. The van der Waals surface area contributed by atoms with E-state index in [-0.39, 0.29) is 5.91 Å². The van der Waals surface area contributed by atoms with Gasteiger partial charge in [0.25, 0.3) is 5.91 Å². The van der Waals surface area contributed by atoms with Crippen molar-refractivity contribution in [2.45, 2.75) is 19.8 Å². The van der Waals surface area contributed by atoms with Crippen LogP contribution in [0.15, 0.2) is 24.3 Å². The number of halogens is 1. The number of nitrogens with zero attached hydrogens (tertiary/aromatic N) is 2. The lowest BCUT2D eigenvalue weighted by Crippen LogP contribution is -2.39. The minimum absolute atomic E-state index is 0.102. The molecule has 1 amide bonds. The van der Waals surface area contributed by atoms with Crippen molar-refractivity contribution in [2.75, 3.05) is 25.1 Å². The molecule has 1 aromatic carbocycles. The summed E-state index contributed by atoms with van der Waals surface area (Å²) in [5, 5.41) is 1.44. The quantitative estimate of drug-likeness (QED) is 0.823. The number of rotatable bonds is 3. The van der Waals surface area contributed by atoms with E-state index in [0.717, 1.165) is 54.0 Å². The van der Waals surface area contributed by atoms with Crippen molar-refractivity contribution in [3.05, 3.63) is 40.5 Å². The van der Waals surface area contributed by atoms with E-state index in [1.807, 2.05) is 47.9 Å². The van der Waals surface area contributed by atoms with Crippen molar-refractivity contribution in [3.63, 3.8) is 0 Å². The fourth-order valence-corrected chi connectivity index (χ4v) is 4.25. The zero-order chi connectivity index (χ0) is 16.4. The average Bonchev–Trinajstić information content (AvgIpc) is 2.55. The fraction of sp³-hybridized carbons (Fsp3) is 0.444. The number of carbonyl (C=O) groups excluding carboxylic acids is 1. The third-order valence-corrected chi connectivity index (χ3v) is 5.56. The number of pyridine rings is 1. The van der Waals surface area contributed by atoms with Gasteiger partial charge in [0.1, 0.15) is 0 Å². The lowest BCUT2D eigenvalue weighted by atomic mass is 9.97. The van der Waals surface area contributed by atoms with E-state index in [2.05, 4.69) is 11.2 Å². The van der Waals surface area contributed by atoms with Crippen LogP contribution in [0.2, 0.25) is 5.02 Å². The number of fused-ring (bicyclic) bond motifs is 1. The Morgan fingerprint density at radius 2 is 2.13 bits per heavy atom. The molecular formula is C18H21ClN2OS. The summed E-state index contributed by atoms with van der Waals surface area (Å²) in [7, 11) is 0. The maximum atomic E-state index is 13.0. The summed E-state index contributed by atoms with van der Waals surface area (Å²) in [4.78, 5) is 19.5. The number of likely N-dealkylation sites (tertiary alicyclic amines) is 1. The predicted molar refractivity (Wildman–Crippen MR) is 98.5 cm³/mol. The SMILES string of the molecule is CSCC1CCN(C(=O)c2cc(C)nc3c(Cl)cccc23)CC1. The largest absolute Gasteiger partial charge is 0.339 e. The van der Waals surface area contributed by atoms with Gasteiger partial charge in [-0.1, -0.05) is 23.7 Å². The van der Waals surface area contributed by atoms with E-state index in [0.29, 0.717) is 5.02 Å². The molecule has 1 aliphatic rings. The van der Waals surface area contributed by atoms with Crippen molar-refractivity contribution >= 4 is 40.2 Å². The minimum atomic E-state index is 0.102. The zero-order valence-corrected chi connectivity index (χ0v) is 15.1. The van der Waals surface area contributed by atoms with Crippen LogP contribution in [-0.2, 0) is 0 Å². The number of para-hydroxylation sites is 1. The number of piperidine rings is 1. The van der Waals surface area contributed by atoms with Crippen molar-refractivity contribution in [3.8, 4) is 0 Å². The predicted octanol–water partition coefficient (Wildman–Crippen LogP) is 4.41. The lowest BCUT2D eigenvalue weighted by molar-refractivity contribution is 0.0700. The number of aryl methyl sites for hydroxylation is 1. The van der Waals surface area contributed by atoms with Gasteiger partial charge in [0, 0.05) is 24.2 Å². The smallest absolute Gasteiger partial charge is 0.254 e. The van der Waals surface area contributed by atoms with Gasteiger partial charge < -0.3 is 4.90 Å². The molecule has 2 aromatic rings. The van der Waals surface area contributed by atoms with Crippen LogP contribution in [0.1, 0.15) is 28.9 Å². The summed E-state index contributed by atoms with van der Waals surface area (Å²) in [6.07, 6.45) is 4.33. The van der Waals surface area contributed by atoms with Crippen LogP contribution < -0.4 is 0 Å². The van der Waals surface area contributed by atoms with Crippen LogP contribution in [-0.4, -0.2) is 40.9 Å². The number of carbonyl (C=O) groups is 1. The molecule has 0 saturated carbocycles. The topological polar surface area (TPSA) is 33.2 Å². The molecular weight excluding hydrogens is 328 g/mol. The van der Waals surface area contributed by atoms with Gasteiger partial charge in [0.05, 0.1) is 16.1 Å². The molecule has 0 spiro atoms. The Hall–Kier alpha value is -1.26. The van der Waals surface area contributed by atoms with Gasteiger partial charge in [-0.25, -0.2) is 0 Å². The molecule has 0 radical (unpaired) electrons. The normalized spacial score (nSPS) is 16.0. The van der Waals surface area contributed by atoms with E-state index in [4.69, 9.17) is 11.6 Å². The fourth-order valence-electron chi connectivity index (χ4n) is 3.23. The molecule has 2 heterocycles. The summed E-state index contributed by atoms with van der Waals surface area (Å²) in [6, 6.07) is 7.51. The van der Waals surface area contributed by atoms with Crippen LogP contribution >= 0.6 is 23.4 Å². The second-order valence-electron chi connectivity index (χ2n) is 6.14. The second kappa shape index (κ2) is 7.10. The Labute approximate surface area is 146 Å². The molecule has 0 bridgehead atoms. The van der Waals surface area contributed by atoms with Gasteiger partial charge in [-0.2, -0.15) is 11.8 Å². The molecule has 0 aliphatic carbocycles. The maximum Gasteiger partial charge on any atom is 0.254 e. The Morgan fingerprint density at radius 3 is 2.83 bits per heavy atom. The monoisotopic (exact) mass is 348 g/mol. The van der Waals surface area contributed by atoms with E-state index in [1.165, 1.54) is 5.75 Å². The van der Waals surface area contributed by atoms with Gasteiger partial charge >= 0.3 is 0 Å². The minimum Gasteiger partial charge on any atom is -0.339 e. The summed E-state index contributed by atoms with van der Waals surface area (Å²) in [5.41, 5.74) is 2.26.